The summed E-state index contributed by atoms with van der Waals surface area (Å²) in [6.45, 7) is 3.62. The van der Waals surface area contributed by atoms with Gasteiger partial charge >= 0.3 is 0 Å². The first-order chi connectivity index (χ1) is 7.56. The third kappa shape index (κ3) is 4.39. The molecule has 1 atom stereocenters. The van der Waals surface area contributed by atoms with Crippen LogP contribution in [0.2, 0.25) is 0 Å². The summed E-state index contributed by atoms with van der Waals surface area (Å²) in [5.74, 6) is 0.265. The maximum Gasteiger partial charge on any atom is 0.213 e. The van der Waals surface area contributed by atoms with Crippen LogP contribution < -0.4 is 5.32 Å². The minimum Gasteiger partial charge on any atom is -0.314 e. The molecule has 1 heterocycles. The Morgan fingerprint density at radius 3 is 2.69 bits per heavy atom. The van der Waals surface area contributed by atoms with Gasteiger partial charge in [0.05, 0.1) is 5.75 Å². The van der Waals surface area contributed by atoms with Crippen LogP contribution in [0.25, 0.3) is 0 Å². The van der Waals surface area contributed by atoms with Crippen LogP contribution in [-0.4, -0.2) is 44.7 Å². The average molecular weight is 248 g/mol. The van der Waals surface area contributed by atoms with Crippen LogP contribution in [0.5, 0.6) is 0 Å². The average Bonchev–Trinajstić information content (AvgIpc) is 2.27. The zero-order valence-corrected chi connectivity index (χ0v) is 11.2. The van der Waals surface area contributed by atoms with Gasteiger partial charge in [-0.15, -0.1) is 0 Å². The predicted octanol–water partition coefficient (Wildman–Crippen LogP) is 1.19. The SMILES string of the molecule is CCCS(=O)(=O)N(C)CCC1CCCCN1. The molecule has 0 aliphatic carbocycles. The van der Waals surface area contributed by atoms with E-state index in [1.807, 2.05) is 6.92 Å². The van der Waals surface area contributed by atoms with E-state index in [0.717, 1.165) is 13.0 Å². The fraction of sp³-hybridized carbons (Fsp3) is 1.00. The standard InChI is InChI=1S/C11H24N2O2S/c1-3-10-16(14,15)13(2)9-7-11-6-4-5-8-12-11/h11-12H,3-10H2,1-2H3. The molecule has 0 spiro atoms. The van der Waals surface area contributed by atoms with Gasteiger partial charge in [-0.1, -0.05) is 13.3 Å². The molecular formula is C11H24N2O2S. The first-order valence-electron chi connectivity index (χ1n) is 6.23. The van der Waals surface area contributed by atoms with Crippen molar-refractivity contribution in [3.8, 4) is 0 Å². The van der Waals surface area contributed by atoms with E-state index in [1.54, 1.807) is 7.05 Å². The normalized spacial score (nSPS) is 22.6. The fourth-order valence-corrected chi connectivity index (χ4v) is 3.27. The third-order valence-electron chi connectivity index (χ3n) is 3.14. The highest BCUT2D eigenvalue weighted by Crippen LogP contribution is 2.11. The molecule has 0 radical (unpaired) electrons. The molecular weight excluding hydrogens is 224 g/mol. The lowest BCUT2D eigenvalue weighted by molar-refractivity contribution is 0.351. The summed E-state index contributed by atoms with van der Waals surface area (Å²) in [4.78, 5) is 0. The first-order valence-corrected chi connectivity index (χ1v) is 7.84. The van der Waals surface area contributed by atoms with Gasteiger partial charge in [-0.05, 0) is 32.2 Å². The summed E-state index contributed by atoms with van der Waals surface area (Å²) >= 11 is 0. The van der Waals surface area contributed by atoms with Gasteiger partial charge in [-0.3, -0.25) is 0 Å². The Kier molecular flexibility index (Phi) is 5.72. The summed E-state index contributed by atoms with van der Waals surface area (Å²) in [7, 11) is -1.32. The van der Waals surface area contributed by atoms with Gasteiger partial charge in [0.25, 0.3) is 0 Å². The number of nitrogens with one attached hydrogen (secondary N) is 1. The number of hydrogen-bond donors (Lipinski definition) is 1. The van der Waals surface area contributed by atoms with E-state index in [-0.39, 0.29) is 5.75 Å². The summed E-state index contributed by atoms with van der Waals surface area (Å²) in [5, 5.41) is 3.44. The smallest absolute Gasteiger partial charge is 0.213 e. The van der Waals surface area contributed by atoms with Crippen molar-refractivity contribution in [3.63, 3.8) is 0 Å². The van der Waals surface area contributed by atoms with Gasteiger partial charge in [0.15, 0.2) is 0 Å². The molecule has 0 aromatic heterocycles. The highest BCUT2D eigenvalue weighted by molar-refractivity contribution is 7.89. The second-order valence-corrected chi connectivity index (χ2v) is 6.77. The monoisotopic (exact) mass is 248 g/mol. The Bertz CT molecular complexity index is 284. The molecule has 0 bridgehead atoms. The molecule has 0 aromatic carbocycles. The summed E-state index contributed by atoms with van der Waals surface area (Å²) in [5.41, 5.74) is 0. The van der Waals surface area contributed by atoms with E-state index in [0.29, 0.717) is 19.0 Å². The van der Waals surface area contributed by atoms with Crippen LogP contribution in [0.15, 0.2) is 0 Å². The quantitative estimate of drug-likeness (QED) is 0.768. The van der Waals surface area contributed by atoms with E-state index in [1.165, 1.54) is 23.6 Å². The zero-order valence-electron chi connectivity index (χ0n) is 10.4. The topological polar surface area (TPSA) is 49.4 Å². The van der Waals surface area contributed by atoms with Crippen molar-refractivity contribution in [2.45, 2.75) is 45.1 Å². The highest BCUT2D eigenvalue weighted by atomic mass is 32.2. The first kappa shape index (κ1) is 13.9. The third-order valence-corrected chi connectivity index (χ3v) is 5.20. The van der Waals surface area contributed by atoms with Gasteiger partial charge in [-0.2, -0.15) is 0 Å². The largest absolute Gasteiger partial charge is 0.314 e. The van der Waals surface area contributed by atoms with Crippen LogP contribution in [0.4, 0.5) is 0 Å². The lowest BCUT2D eigenvalue weighted by atomic mass is 10.0. The molecule has 0 amide bonds. The summed E-state index contributed by atoms with van der Waals surface area (Å²) < 4.78 is 24.9. The molecule has 1 aliphatic heterocycles. The Morgan fingerprint density at radius 1 is 1.38 bits per heavy atom. The zero-order chi connectivity index (χ0) is 12.0. The van der Waals surface area contributed by atoms with Gasteiger partial charge in [-0.25, -0.2) is 12.7 Å². The van der Waals surface area contributed by atoms with Crippen molar-refractivity contribution >= 4 is 10.0 Å². The Hall–Kier alpha value is -0.130. The van der Waals surface area contributed by atoms with Crippen molar-refractivity contribution < 1.29 is 8.42 Å². The molecule has 0 aromatic rings. The minimum atomic E-state index is -3.01. The molecule has 1 unspecified atom stereocenters. The molecule has 96 valence electrons. The van der Waals surface area contributed by atoms with E-state index >= 15 is 0 Å². The van der Waals surface area contributed by atoms with E-state index in [9.17, 15) is 8.42 Å². The second kappa shape index (κ2) is 6.57. The molecule has 0 saturated carbocycles. The molecule has 4 nitrogen and oxygen atoms in total. The van der Waals surface area contributed by atoms with Crippen molar-refractivity contribution in [3.05, 3.63) is 0 Å². The lowest BCUT2D eigenvalue weighted by Gasteiger charge is -2.25. The van der Waals surface area contributed by atoms with Crippen LogP contribution >= 0.6 is 0 Å². The van der Waals surface area contributed by atoms with Gasteiger partial charge in [0, 0.05) is 19.6 Å². The van der Waals surface area contributed by atoms with Crippen LogP contribution in [0.3, 0.4) is 0 Å². The van der Waals surface area contributed by atoms with Crippen molar-refractivity contribution in [2.24, 2.45) is 0 Å². The molecule has 1 fully saturated rings. The predicted molar refractivity (Wildman–Crippen MR) is 67.0 cm³/mol. The second-order valence-electron chi connectivity index (χ2n) is 4.57. The fourth-order valence-electron chi connectivity index (χ4n) is 2.06. The van der Waals surface area contributed by atoms with E-state index in [4.69, 9.17) is 0 Å². The maximum absolute atomic E-state index is 11.7. The van der Waals surface area contributed by atoms with Crippen molar-refractivity contribution in [2.75, 3.05) is 25.9 Å². The van der Waals surface area contributed by atoms with Crippen LogP contribution in [0.1, 0.15) is 39.0 Å². The van der Waals surface area contributed by atoms with E-state index in [2.05, 4.69) is 5.32 Å². The Labute approximate surface area is 99.5 Å². The minimum absolute atomic E-state index is 0.265. The summed E-state index contributed by atoms with van der Waals surface area (Å²) in [6, 6.07) is 0.507. The molecule has 1 N–H and O–H groups in total. The van der Waals surface area contributed by atoms with Crippen LogP contribution in [-0.2, 0) is 10.0 Å². The number of hydrogen-bond acceptors (Lipinski definition) is 3. The Balaban J connectivity index is 2.30. The molecule has 1 rings (SSSR count). The van der Waals surface area contributed by atoms with Crippen LogP contribution in [0, 0.1) is 0 Å². The number of sulfonamides is 1. The summed E-state index contributed by atoms with van der Waals surface area (Å²) in [6.07, 6.45) is 5.32. The maximum atomic E-state index is 11.7. The highest BCUT2D eigenvalue weighted by Gasteiger charge is 2.19. The number of nitrogens with zero attached hydrogens (tertiary/aromatic N) is 1. The van der Waals surface area contributed by atoms with Gasteiger partial charge in [0.1, 0.15) is 0 Å². The number of rotatable bonds is 6. The van der Waals surface area contributed by atoms with Crippen molar-refractivity contribution in [1.29, 1.82) is 0 Å². The molecule has 5 heteroatoms. The van der Waals surface area contributed by atoms with Gasteiger partial charge in [0.2, 0.25) is 10.0 Å². The Morgan fingerprint density at radius 2 is 2.12 bits per heavy atom. The lowest BCUT2D eigenvalue weighted by Crippen LogP contribution is -2.38. The number of piperidine rings is 1. The van der Waals surface area contributed by atoms with E-state index < -0.39 is 10.0 Å². The van der Waals surface area contributed by atoms with Gasteiger partial charge < -0.3 is 5.32 Å². The molecule has 16 heavy (non-hydrogen) atoms. The molecule has 1 saturated heterocycles. The van der Waals surface area contributed by atoms with Crippen molar-refractivity contribution in [1.82, 2.24) is 9.62 Å². The molecule has 1 aliphatic rings.